The van der Waals surface area contributed by atoms with Gasteiger partial charge in [-0.1, -0.05) is 26.0 Å². The first kappa shape index (κ1) is 19.2. The molecule has 2 N–H and O–H groups in total. The maximum absolute atomic E-state index is 12.3. The van der Waals surface area contributed by atoms with Crippen LogP contribution in [0.2, 0.25) is 0 Å². The molecule has 0 aromatic heterocycles. The Bertz CT molecular complexity index is 638. The van der Waals surface area contributed by atoms with E-state index in [1.165, 1.54) is 24.0 Å². The highest BCUT2D eigenvalue weighted by molar-refractivity contribution is 5.98. The number of carbonyl (C=O) groups is 3. The highest BCUT2D eigenvalue weighted by Crippen LogP contribution is 2.22. The summed E-state index contributed by atoms with van der Waals surface area (Å²) in [6.07, 6.45) is 4.92. The molecule has 0 atom stereocenters. The molecule has 2 amide bonds. The van der Waals surface area contributed by atoms with E-state index >= 15 is 0 Å². The summed E-state index contributed by atoms with van der Waals surface area (Å²) in [5.74, 6) is -0.247. The van der Waals surface area contributed by atoms with Gasteiger partial charge in [-0.15, -0.1) is 0 Å². The standard InChI is InChI=1S/C20H28N2O3/c1-14(2)20(25)22-12-11-21-19(24)10-9-18(23)17-8-7-15-5-3-4-6-16(15)13-17/h7-8,13-14H,3-6,9-12H2,1-2H3,(H,21,24)(H,22,25). The zero-order valence-corrected chi connectivity index (χ0v) is 15.2. The molecule has 0 aliphatic heterocycles. The number of nitrogens with one attached hydrogen (secondary N) is 2. The van der Waals surface area contributed by atoms with Crippen molar-refractivity contribution in [3.8, 4) is 0 Å². The van der Waals surface area contributed by atoms with Crippen molar-refractivity contribution < 1.29 is 14.4 Å². The molecule has 1 aliphatic rings. The minimum absolute atomic E-state index is 0.0108. The fourth-order valence-electron chi connectivity index (χ4n) is 2.96. The summed E-state index contributed by atoms with van der Waals surface area (Å²) in [5.41, 5.74) is 3.34. The Morgan fingerprint density at radius 3 is 2.36 bits per heavy atom. The van der Waals surface area contributed by atoms with Gasteiger partial charge in [-0.2, -0.15) is 0 Å². The van der Waals surface area contributed by atoms with Gasteiger partial charge < -0.3 is 10.6 Å². The largest absolute Gasteiger partial charge is 0.354 e. The van der Waals surface area contributed by atoms with E-state index in [0.717, 1.165) is 12.8 Å². The molecule has 0 saturated heterocycles. The van der Waals surface area contributed by atoms with Crippen LogP contribution >= 0.6 is 0 Å². The molecule has 1 aliphatic carbocycles. The summed E-state index contributed by atoms with van der Waals surface area (Å²) in [6, 6.07) is 5.93. The second kappa shape index (κ2) is 9.35. The first-order chi connectivity index (χ1) is 12.0. The Kier molecular flexibility index (Phi) is 7.16. The number of ketones is 1. The van der Waals surface area contributed by atoms with Gasteiger partial charge in [0, 0.05) is 37.4 Å². The average molecular weight is 344 g/mol. The molecule has 0 fully saturated rings. The molecule has 136 valence electrons. The molecular weight excluding hydrogens is 316 g/mol. The Morgan fingerprint density at radius 1 is 0.960 bits per heavy atom. The van der Waals surface area contributed by atoms with Crippen LogP contribution < -0.4 is 10.6 Å². The molecule has 2 rings (SSSR count). The normalized spacial score (nSPS) is 13.2. The van der Waals surface area contributed by atoms with Crippen molar-refractivity contribution in [1.29, 1.82) is 0 Å². The molecule has 5 nitrogen and oxygen atoms in total. The minimum atomic E-state index is -0.162. The van der Waals surface area contributed by atoms with Crippen molar-refractivity contribution in [1.82, 2.24) is 10.6 Å². The summed E-state index contributed by atoms with van der Waals surface area (Å²) in [4.78, 5) is 35.5. The van der Waals surface area contributed by atoms with Crippen LogP contribution in [0, 0.1) is 5.92 Å². The number of benzene rings is 1. The summed E-state index contributed by atoms with van der Waals surface area (Å²) in [6.45, 7) is 4.42. The van der Waals surface area contributed by atoms with Crippen LogP contribution in [0.4, 0.5) is 0 Å². The lowest BCUT2D eigenvalue weighted by Crippen LogP contribution is -2.36. The fourth-order valence-corrected chi connectivity index (χ4v) is 2.96. The van der Waals surface area contributed by atoms with E-state index in [9.17, 15) is 14.4 Å². The number of rotatable bonds is 8. The summed E-state index contributed by atoms with van der Waals surface area (Å²) < 4.78 is 0. The van der Waals surface area contributed by atoms with Crippen molar-refractivity contribution in [2.75, 3.05) is 13.1 Å². The van der Waals surface area contributed by atoms with Crippen molar-refractivity contribution in [2.45, 2.75) is 52.4 Å². The Hall–Kier alpha value is -2.17. The second-order valence-corrected chi connectivity index (χ2v) is 6.91. The minimum Gasteiger partial charge on any atom is -0.354 e. The molecule has 0 saturated carbocycles. The topological polar surface area (TPSA) is 75.3 Å². The van der Waals surface area contributed by atoms with Gasteiger partial charge in [-0.05, 0) is 42.9 Å². The smallest absolute Gasteiger partial charge is 0.222 e. The third kappa shape index (κ3) is 6.00. The van der Waals surface area contributed by atoms with E-state index < -0.39 is 0 Å². The van der Waals surface area contributed by atoms with Crippen molar-refractivity contribution >= 4 is 17.6 Å². The van der Waals surface area contributed by atoms with E-state index in [4.69, 9.17) is 0 Å². The lowest BCUT2D eigenvalue weighted by molar-refractivity contribution is -0.124. The highest BCUT2D eigenvalue weighted by atomic mass is 16.2. The molecule has 0 spiro atoms. The third-order valence-electron chi connectivity index (χ3n) is 4.52. The first-order valence-corrected chi connectivity index (χ1v) is 9.17. The molecule has 1 aromatic carbocycles. The van der Waals surface area contributed by atoms with E-state index in [1.807, 2.05) is 26.0 Å². The van der Waals surface area contributed by atoms with Crippen molar-refractivity contribution in [3.05, 3.63) is 34.9 Å². The molecule has 0 unspecified atom stereocenters. The van der Waals surface area contributed by atoms with Crippen LogP contribution in [0.25, 0.3) is 0 Å². The SMILES string of the molecule is CC(C)C(=O)NCCNC(=O)CCC(=O)c1ccc2c(c1)CCCC2. The Balaban J connectivity index is 1.71. The number of amides is 2. The number of hydrogen-bond acceptors (Lipinski definition) is 3. The van der Waals surface area contributed by atoms with Gasteiger partial charge in [0.25, 0.3) is 0 Å². The fraction of sp³-hybridized carbons (Fsp3) is 0.550. The summed E-state index contributed by atoms with van der Waals surface area (Å²) in [7, 11) is 0. The average Bonchev–Trinajstić information content (AvgIpc) is 2.62. The van der Waals surface area contributed by atoms with Crippen LogP contribution in [0.1, 0.15) is 61.0 Å². The van der Waals surface area contributed by atoms with Gasteiger partial charge in [0.05, 0.1) is 0 Å². The van der Waals surface area contributed by atoms with Crippen molar-refractivity contribution in [3.63, 3.8) is 0 Å². The van der Waals surface area contributed by atoms with Crippen LogP contribution in [0.15, 0.2) is 18.2 Å². The predicted molar refractivity (Wildman–Crippen MR) is 97.5 cm³/mol. The van der Waals surface area contributed by atoms with E-state index in [1.54, 1.807) is 0 Å². The van der Waals surface area contributed by atoms with Gasteiger partial charge in [0.2, 0.25) is 11.8 Å². The number of aryl methyl sites for hydroxylation is 2. The molecule has 1 aromatic rings. The Labute approximate surface area is 149 Å². The lowest BCUT2D eigenvalue weighted by Gasteiger charge is -2.16. The van der Waals surface area contributed by atoms with E-state index in [2.05, 4.69) is 16.7 Å². The molecule has 0 radical (unpaired) electrons. The monoisotopic (exact) mass is 344 g/mol. The predicted octanol–water partition coefficient (Wildman–Crippen LogP) is 2.42. The van der Waals surface area contributed by atoms with Crippen LogP contribution in [0.3, 0.4) is 0 Å². The first-order valence-electron chi connectivity index (χ1n) is 9.17. The van der Waals surface area contributed by atoms with Gasteiger partial charge in [-0.25, -0.2) is 0 Å². The number of hydrogen-bond donors (Lipinski definition) is 2. The number of Topliss-reactive ketones (excluding diaryl/α,β-unsaturated/α-hetero) is 1. The molecule has 0 heterocycles. The van der Waals surface area contributed by atoms with Gasteiger partial charge in [0.1, 0.15) is 0 Å². The zero-order chi connectivity index (χ0) is 18.2. The van der Waals surface area contributed by atoms with Crippen molar-refractivity contribution in [2.24, 2.45) is 5.92 Å². The molecular formula is C20H28N2O3. The molecule has 5 heteroatoms. The maximum atomic E-state index is 12.3. The van der Waals surface area contributed by atoms with E-state index in [0.29, 0.717) is 18.7 Å². The van der Waals surface area contributed by atoms with Crippen LogP contribution in [-0.4, -0.2) is 30.7 Å². The van der Waals surface area contributed by atoms with Gasteiger partial charge >= 0.3 is 0 Å². The number of carbonyl (C=O) groups excluding carboxylic acids is 3. The second-order valence-electron chi connectivity index (χ2n) is 6.91. The summed E-state index contributed by atoms with van der Waals surface area (Å²) in [5, 5.41) is 5.46. The Morgan fingerprint density at radius 2 is 1.64 bits per heavy atom. The van der Waals surface area contributed by atoms with Gasteiger partial charge in [0.15, 0.2) is 5.78 Å². The maximum Gasteiger partial charge on any atom is 0.222 e. The van der Waals surface area contributed by atoms with Crippen LogP contribution in [0.5, 0.6) is 0 Å². The van der Waals surface area contributed by atoms with E-state index in [-0.39, 0.29) is 36.4 Å². The third-order valence-corrected chi connectivity index (χ3v) is 4.52. The quantitative estimate of drug-likeness (QED) is 0.562. The van der Waals surface area contributed by atoms with Gasteiger partial charge in [-0.3, -0.25) is 14.4 Å². The molecule has 0 bridgehead atoms. The highest BCUT2D eigenvalue weighted by Gasteiger charge is 2.14. The number of fused-ring (bicyclic) bond motifs is 1. The lowest BCUT2D eigenvalue weighted by atomic mass is 9.89. The summed E-state index contributed by atoms with van der Waals surface area (Å²) >= 11 is 0. The zero-order valence-electron chi connectivity index (χ0n) is 15.2. The molecule has 25 heavy (non-hydrogen) atoms. The van der Waals surface area contributed by atoms with Crippen LogP contribution in [-0.2, 0) is 22.4 Å².